The van der Waals surface area contributed by atoms with Gasteiger partial charge in [0.1, 0.15) is 0 Å². The zero-order chi connectivity index (χ0) is 17.9. The topological polar surface area (TPSA) is 64.6 Å². The third-order valence-electron chi connectivity index (χ3n) is 3.78. The first kappa shape index (κ1) is 18.1. The molecule has 0 saturated heterocycles. The standard InChI is InChI=1S/C18H23NO4S/c1-12(2)14-7-6-8-15(10-14)19-24(20,21)18-11-17(23-5)16(22-4)9-13(18)3/h6-12,19H,1-5H3. The van der Waals surface area contributed by atoms with Crippen LogP contribution in [0.3, 0.4) is 0 Å². The van der Waals surface area contributed by atoms with Crippen molar-refractivity contribution in [3.8, 4) is 11.5 Å². The normalized spacial score (nSPS) is 11.4. The van der Waals surface area contributed by atoms with E-state index in [2.05, 4.69) is 18.6 Å². The Kier molecular flexibility index (Phi) is 5.39. The predicted molar refractivity (Wildman–Crippen MR) is 95.6 cm³/mol. The first-order valence-corrected chi connectivity index (χ1v) is 9.12. The van der Waals surface area contributed by atoms with Gasteiger partial charge in [-0.25, -0.2) is 8.42 Å². The van der Waals surface area contributed by atoms with E-state index in [1.54, 1.807) is 19.1 Å². The minimum atomic E-state index is -3.73. The summed E-state index contributed by atoms with van der Waals surface area (Å²) in [4.78, 5) is 0.162. The third-order valence-corrected chi connectivity index (χ3v) is 5.30. The Morgan fingerprint density at radius 1 is 1.00 bits per heavy atom. The molecule has 0 aromatic heterocycles. The first-order chi connectivity index (χ1) is 11.3. The molecular weight excluding hydrogens is 326 g/mol. The van der Waals surface area contributed by atoms with Crippen molar-refractivity contribution in [2.45, 2.75) is 31.6 Å². The molecule has 24 heavy (non-hydrogen) atoms. The summed E-state index contributed by atoms with van der Waals surface area (Å²) < 4.78 is 38.6. The Hall–Kier alpha value is -2.21. The first-order valence-electron chi connectivity index (χ1n) is 7.64. The van der Waals surface area contributed by atoms with Crippen molar-refractivity contribution in [3.05, 3.63) is 47.5 Å². The highest BCUT2D eigenvalue weighted by molar-refractivity contribution is 7.92. The Bertz CT molecular complexity index is 829. The van der Waals surface area contributed by atoms with Gasteiger partial charge >= 0.3 is 0 Å². The van der Waals surface area contributed by atoms with E-state index in [0.717, 1.165) is 5.56 Å². The molecule has 0 saturated carbocycles. The number of anilines is 1. The fourth-order valence-electron chi connectivity index (χ4n) is 2.42. The molecule has 2 aromatic carbocycles. The molecule has 6 heteroatoms. The zero-order valence-corrected chi connectivity index (χ0v) is 15.4. The number of methoxy groups -OCH3 is 2. The molecule has 0 spiro atoms. The van der Waals surface area contributed by atoms with Crippen molar-refractivity contribution in [3.63, 3.8) is 0 Å². The van der Waals surface area contributed by atoms with Gasteiger partial charge < -0.3 is 9.47 Å². The Balaban J connectivity index is 2.42. The van der Waals surface area contributed by atoms with E-state index in [4.69, 9.17) is 9.47 Å². The molecule has 130 valence electrons. The SMILES string of the molecule is COc1cc(C)c(S(=O)(=O)Nc2cccc(C(C)C)c2)cc1OC. The summed E-state index contributed by atoms with van der Waals surface area (Å²) in [6.07, 6.45) is 0. The van der Waals surface area contributed by atoms with Gasteiger partial charge in [0, 0.05) is 11.8 Å². The van der Waals surface area contributed by atoms with Crippen molar-refractivity contribution in [2.75, 3.05) is 18.9 Å². The van der Waals surface area contributed by atoms with E-state index in [0.29, 0.717) is 28.7 Å². The molecule has 0 aliphatic carbocycles. The maximum absolute atomic E-state index is 12.8. The summed E-state index contributed by atoms with van der Waals surface area (Å²) in [6.45, 7) is 5.85. The lowest BCUT2D eigenvalue weighted by Gasteiger charge is -2.15. The average molecular weight is 349 g/mol. The van der Waals surface area contributed by atoms with Crippen LogP contribution in [0.4, 0.5) is 5.69 Å². The summed E-state index contributed by atoms with van der Waals surface area (Å²) >= 11 is 0. The number of sulfonamides is 1. The van der Waals surface area contributed by atoms with Crippen molar-refractivity contribution in [2.24, 2.45) is 0 Å². The molecule has 0 aliphatic heterocycles. The van der Waals surface area contributed by atoms with Crippen LogP contribution in [0.2, 0.25) is 0 Å². The zero-order valence-electron chi connectivity index (χ0n) is 14.6. The van der Waals surface area contributed by atoms with E-state index >= 15 is 0 Å². The Morgan fingerprint density at radius 2 is 1.62 bits per heavy atom. The highest BCUT2D eigenvalue weighted by Gasteiger charge is 2.20. The average Bonchev–Trinajstić information content (AvgIpc) is 2.54. The van der Waals surface area contributed by atoms with Crippen molar-refractivity contribution < 1.29 is 17.9 Å². The van der Waals surface area contributed by atoms with Gasteiger partial charge in [-0.3, -0.25) is 4.72 Å². The van der Waals surface area contributed by atoms with E-state index in [-0.39, 0.29) is 4.90 Å². The van der Waals surface area contributed by atoms with Crippen LogP contribution < -0.4 is 14.2 Å². The predicted octanol–water partition coefficient (Wildman–Crippen LogP) is 3.94. The molecule has 2 rings (SSSR count). The summed E-state index contributed by atoms with van der Waals surface area (Å²) in [6, 6.07) is 10.5. The van der Waals surface area contributed by atoms with Gasteiger partial charge in [0.05, 0.1) is 19.1 Å². The second-order valence-corrected chi connectivity index (χ2v) is 7.51. The largest absolute Gasteiger partial charge is 0.493 e. The minimum Gasteiger partial charge on any atom is -0.493 e. The molecule has 0 atom stereocenters. The smallest absolute Gasteiger partial charge is 0.262 e. The summed E-state index contributed by atoms with van der Waals surface area (Å²) in [7, 11) is -0.739. The molecule has 5 nitrogen and oxygen atoms in total. The molecule has 0 heterocycles. The molecule has 0 aliphatic rings. The summed E-state index contributed by atoms with van der Waals surface area (Å²) in [5.41, 5.74) is 2.19. The lowest BCUT2D eigenvalue weighted by molar-refractivity contribution is 0.353. The number of hydrogen-bond donors (Lipinski definition) is 1. The van der Waals surface area contributed by atoms with Gasteiger partial charge in [-0.05, 0) is 42.2 Å². The maximum atomic E-state index is 12.8. The van der Waals surface area contributed by atoms with Gasteiger partial charge in [0.15, 0.2) is 11.5 Å². The number of aryl methyl sites for hydroxylation is 1. The molecular formula is C18H23NO4S. The van der Waals surface area contributed by atoms with Crippen LogP contribution in [-0.4, -0.2) is 22.6 Å². The lowest BCUT2D eigenvalue weighted by Crippen LogP contribution is -2.15. The van der Waals surface area contributed by atoms with Crippen molar-refractivity contribution in [1.29, 1.82) is 0 Å². The molecule has 2 aromatic rings. The quantitative estimate of drug-likeness (QED) is 0.858. The molecule has 0 unspecified atom stereocenters. The number of rotatable bonds is 6. The van der Waals surface area contributed by atoms with Gasteiger partial charge in [-0.15, -0.1) is 0 Å². The molecule has 0 radical (unpaired) electrons. The Labute approximate surface area is 143 Å². The highest BCUT2D eigenvalue weighted by Crippen LogP contribution is 2.33. The Morgan fingerprint density at radius 3 is 2.21 bits per heavy atom. The van der Waals surface area contributed by atoms with Crippen molar-refractivity contribution >= 4 is 15.7 Å². The van der Waals surface area contributed by atoms with Crippen LogP contribution in [0.15, 0.2) is 41.3 Å². The van der Waals surface area contributed by atoms with E-state index in [9.17, 15) is 8.42 Å². The molecule has 0 bridgehead atoms. The highest BCUT2D eigenvalue weighted by atomic mass is 32.2. The van der Waals surface area contributed by atoms with Crippen LogP contribution in [0.25, 0.3) is 0 Å². The third kappa shape index (κ3) is 3.82. The monoisotopic (exact) mass is 349 g/mol. The summed E-state index contributed by atoms with van der Waals surface area (Å²) in [5.74, 6) is 1.19. The number of benzene rings is 2. The van der Waals surface area contributed by atoms with Gasteiger partial charge in [0.25, 0.3) is 10.0 Å². The van der Waals surface area contributed by atoms with Crippen LogP contribution in [0, 0.1) is 6.92 Å². The van der Waals surface area contributed by atoms with Crippen molar-refractivity contribution in [1.82, 2.24) is 0 Å². The van der Waals surface area contributed by atoms with E-state index in [1.165, 1.54) is 20.3 Å². The van der Waals surface area contributed by atoms with Crippen LogP contribution >= 0.6 is 0 Å². The van der Waals surface area contributed by atoms with Crippen LogP contribution in [0.1, 0.15) is 30.9 Å². The van der Waals surface area contributed by atoms with Gasteiger partial charge in [-0.1, -0.05) is 26.0 Å². The van der Waals surface area contributed by atoms with E-state index in [1.807, 2.05) is 18.2 Å². The maximum Gasteiger partial charge on any atom is 0.262 e. The number of hydrogen-bond acceptors (Lipinski definition) is 4. The number of ether oxygens (including phenoxy) is 2. The summed E-state index contributed by atoms with van der Waals surface area (Å²) in [5, 5.41) is 0. The fourth-order valence-corrected chi connectivity index (χ4v) is 3.72. The van der Waals surface area contributed by atoms with Gasteiger partial charge in [-0.2, -0.15) is 0 Å². The van der Waals surface area contributed by atoms with E-state index < -0.39 is 10.0 Å². The second-order valence-electron chi connectivity index (χ2n) is 5.86. The lowest BCUT2D eigenvalue weighted by atomic mass is 10.0. The molecule has 1 N–H and O–H groups in total. The fraction of sp³-hybridized carbons (Fsp3) is 0.333. The molecule has 0 fully saturated rings. The van der Waals surface area contributed by atoms with Crippen LogP contribution in [-0.2, 0) is 10.0 Å². The second kappa shape index (κ2) is 7.13. The van der Waals surface area contributed by atoms with Crippen LogP contribution in [0.5, 0.6) is 11.5 Å². The molecule has 0 amide bonds. The van der Waals surface area contributed by atoms with Gasteiger partial charge in [0.2, 0.25) is 0 Å². The number of nitrogens with one attached hydrogen (secondary N) is 1. The minimum absolute atomic E-state index is 0.162.